The Morgan fingerprint density at radius 3 is 2.75 bits per heavy atom. The van der Waals surface area contributed by atoms with Gasteiger partial charge in [0, 0.05) is 18.7 Å². The molecule has 20 heavy (non-hydrogen) atoms. The smallest absolute Gasteiger partial charge is 0.255 e. The Bertz CT molecular complexity index is 505. The van der Waals surface area contributed by atoms with Crippen LogP contribution in [-0.4, -0.2) is 55.6 Å². The van der Waals surface area contributed by atoms with E-state index in [9.17, 15) is 4.79 Å². The van der Waals surface area contributed by atoms with Gasteiger partial charge in [0.25, 0.3) is 5.91 Å². The van der Waals surface area contributed by atoms with Crippen molar-refractivity contribution in [1.82, 2.24) is 9.80 Å². The molecule has 1 amide bonds. The number of hydrogen-bond donors (Lipinski definition) is 0. The molecule has 5 nitrogen and oxygen atoms in total. The van der Waals surface area contributed by atoms with Gasteiger partial charge in [-0.3, -0.25) is 4.79 Å². The monoisotopic (exact) mass is 273 g/mol. The zero-order valence-electron chi connectivity index (χ0n) is 11.9. The Labute approximate surface area is 119 Å². The maximum absolute atomic E-state index is 12.4. The van der Waals surface area contributed by atoms with Crippen LogP contribution >= 0.6 is 0 Å². The molecule has 0 aliphatic carbocycles. The molecule has 0 spiro atoms. The van der Waals surface area contributed by atoms with E-state index in [0.717, 1.165) is 12.1 Å². The Kier molecular flexibility index (Phi) is 4.72. The second kappa shape index (κ2) is 6.51. The second-order valence-electron chi connectivity index (χ2n) is 5.15. The maximum atomic E-state index is 12.4. The van der Waals surface area contributed by atoms with Crippen LogP contribution in [0.2, 0.25) is 0 Å². The molecule has 0 bridgehead atoms. The summed E-state index contributed by atoms with van der Waals surface area (Å²) < 4.78 is 5.23. The number of ether oxygens (including phenoxy) is 1. The van der Waals surface area contributed by atoms with E-state index in [1.54, 1.807) is 4.90 Å². The van der Waals surface area contributed by atoms with Crippen molar-refractivity contribution in [3.05, 3.63) is 35.4 Å². The molecule has 0 radical (unpaired) electrons. The van der Waals surface area contributed by atoms with E-state index in [1.807, 2.05) is 38.4 Å². The minimum Gasteiger partial charge on any atom is -0.376 e. The largest absolute Gasteiger partial charge is 0.376 e. The molecule has 0 aromatic heterocycles. The van der Waals surface area contributed by atoms with E-state index in [-0.39, 0.29) is 5.91 Å². The lowest BCUT2D eigenvalue weighted by Gasteiger charge is -2.31. The van der Waals surface area contributed by atoms with Gasteiger partial charge in [-0.1, -0.05) is 12.1 Å². The molecule has 0 saturated carbocycles. The summed E-state index contributed by atoms with van der Waals surface area (Å²) in [6.07, 6.45) is 0. The van der Waals surface area contributed by atoms with Gasteiger partial charge in [0.15, 0.2) is 0 Å². The molecule has 1 aromatic carbocycles. The standard InChI is InChI=1S/C15H19N3O2/c1-17(2)10-12-3-5-13(6-4-12)15(19)18-7-8-20-11-14(18)9-16/h3-6,14H,7-8,10-11H2,1-2H3. The van der Waals surface area contributed by atoms with Gasteiger partial charge in [-0.15, -0.1) is 0 Å². The van der Waals surface area contributed by atoms with E-state index in [4.69, 9.17) is 10.00 Å². The summed E-state index contributed by atoms with van der Waals surface area (Å²) in [5.74, 6) is -0.101. The molecule has 106 valence electrons. The molecule has 1 aliphatic heterocycles. The summed E-state index contributed by atoms with van der Waals surface area (Å²) in [6.45, 7) is 2.09. The van der Waals surface area contributed by atoms with Gasteiger partial charge in [-0.05, 0) is 31.8 Å². The van der Waals surface area contributed by atoms with Gasteiger partial charge in [0.05, 0.1) is 19.3 Å². The highest BCUT2D eigenvalue weighted by atomic mass is 16.5. The van der Waals surface area contributed by atoms with Crippen LogP contribution in [0.3, 0.4) is 0 Å². The first-order chi connectivity index (χ1) is 9.61. The summed E-state index contributed by atoms with van der Waals surface area (Å²) in [5.41, 5.74) is 1.78. The fourth-order valence-corrected chi connectivity index (χ4v) is 2.24. The SMILES string of the molecule is CN(C)Cc1ccc(C(=O)N2CCOCC2C#N)cc1. The number of amides is 1. The Morgan fingerprint density at radius 1 is 1.45 bits per heavy atom. The van der Waals surface area contributed by atoms with Crippen molar-refractivity contribution in [2.75, 3.05) is 33.9 Å². The number of benzene rings is 1. The number of nitrogens with zero attached hydrogens (tertiary/aromatic N) is 3. The number of nitriles is 1. The lowest BCUT2D eigenvalue weighted by Crippen LogP contribution is -2.47. The number of morpholine rings is 1. The molecule has 5 heteroatoms. The topological polar surface area (TPSA) is 56.6 Å². The van der Waals surface area contributed by atoms with Gasteiger partial charge < -0.3 is 14.5 Å². The summed E-state index contributed by atoms with van der Waals surface area (Å²) in [7, 11) is 4.01. The lowest BCUT2D eigenvalue weighted by atomic mass is 10.1. The lowest BCUT2D eigenvalue weighted by molar-refractivity contribution is 0.0132. The predicted octanol–water partition coefficient (Wildman–Crippen LogP) is 1.11. The van der Waals surface area contributed by atoms with E-state index < -0.39 is 6.04 Å². The zero-order chi connectivity index (χ0) is 14.5. The summed E-state index contributed by atoms with van der Waals surface area (Å²) in [5, 5.41) is 9.07. The molecular weight excluding hydrogens is 254 g/mol. The first-order valence-corrected chi connectivity index (χ1v) is 6.64. The van der Waals surface area contributed by atoms with Crippen molar-refractivity contribution in [3.8, 4) is 6.07 Å². The highest BCUT2D eigenvalue weighted by Gasteiger charge is 2.27. The molecule has 1 heterocycles. The van der Waals surface area contributed by atoms with E-state index in [1.165, 1.54) is 0 Å². The molecular formula is C15H19N3O2. The van der Waals surface area contributed by atoms with Crippen molar-refractivity contribution in [2.24, 2.45) is 0 Å². The predicted molar refractivity (Wildman–Crippen MR) is 75.1 cm³/mol. The van der Waals surface area contributed by atoms with Gasteiger partial charge in [0.2, 0.25) is 0 Å². The van der Waals surface area contributed by atoms with Crippen LogP contribution < -0.4 is 0 Å². The van der Waals surface area contributed by atoms with E-state index in [0.29, 0.717) is 25.3 Å². The highest BCUT2D eigenvalue weighted by molar-refractivity contribution is 5.94. The van der Waals surface area contributed by atoms with Crippen LogP contribution in [0.4, 0.5) is 0 Å². The average molecular weight is 273 g/mol. The first-order valence-electron chi connectivity index (χ1n) is 6.64. The van der Waals surface area contributed by atoms with Gasteiger partial charge in [-0.25, -0.2) is 0 Å². The van der Waals surface area contributed by atoms with Crippen molar-refractivity contribution < 1.29 is 9.53 Å². The molecule has 2 rings (SSSR count). The second-order valence-corrected chi connectivity index (χ2v) is 5.15. The van der Waals surface area contributed by atoms with Crippen molar-refractivity contribution in [2.45, 2.75) is 12.6 Å². The summed E-state index contributed by atoms with van der Waals surface area (Å²) >= 11 is 0. The van der Waals surface area contributed by atoms with Crippen LogP contribution in [-0.2, 0) is 11.3 Å². The van der Waals surface area contributed by atoms with E-state index >= 15 is 0 Å². The Morgan fingerprint density at radius 2 is 2.15 bits per heavy atom. The summed E-state index contributed by atoms with van der Waals surface area (Å²) in [6, 6.07) is 9.18. The van der Waals surface area contributed by atoms with Crippen LogP contribution in [0.1, 0.15) is 15.9 Å². The van der Waals surface area contributed by atoms with Gasteiger partial charge >= 0.3 is 0 Å². The normalized spacial score (nSPS) is 18.9. The maximum Gasteiger partial charge on any atom is 0.255 e. The quantitative estimate of drug-likeness (QED) is 0.828. The zero-order valence-corrected chi connectivity index (χ0v) is 11.9. The number of carbonyl (C=O) groups excluding carboxylic acids is 1. The van der Waals surface area contributed by atoms with Gasteiger partial charge in [0.1, 0.15) is 6.04 Å². The molecule has 1 atom stereocenters. The van der Waals surface area contributed by atoms with Crippen LogP contribution in [0, 0.1) is 11.3 Å². The van der Waals surface area contributed by atoms with Crippen molar-refractivity contribution in [1.29, 1.82) is 5.26 Å². The number of rotatable bonds is 3. The third-order valence-electron chi connectivity index (χ3n) is 3.24. The highest BCUT2D eigenvalue weighted by Crippen LogP contribution is 2.13. The number of hydrogen-bond acceptors (Lipinski definition) is 4. The fourth-order valence-electron chi connectivity index (χ4n) is 2.24. The Balaban J connectivity index is 2.10. The molecule has 1 fully saturated rings. The third kappa shape index (κ3) is 3.35. The van der Waals surface area contributed by atoms with Crippen LogP contribution in [0.15, 0.2) is 24.3 Å². The summed E-state index contributed by atoms with van der Waals surface area (Å²) in [4.78, 5) is 16.1. The van der Waals surface area contributed by atoms with Crippen LogP contribution in [0.25, 0.3) is 0 Å². The molecule has 1 aliphatic rings. The first kappa shape index (κ1) is 14.5. The van der Waals surface area contributed by atoms with Crippen LogP contribution in [0.5, 0.6) is 0 Å². The Hall–Kier alpha value is -1.90. The fraction of sp³-hybridized carbons (Fsp3) is 0.467. The van der Waals surface area contributed by atoms with E-state index in [2.05, 4.69) is 11.0 Å². The van der Waals surface area contributed by atoms with Crippen molar-refractivity contribution in [3.63, 3.8) is 0 Å². The van der Waals surface area contributed by atoms with Gasteiger partial charge in [-0.2, -0.15) is 5.26 Å². The molecule has 1 saturated heterocycles. The molecule has 1 aromatic rings. The minimum atomic E-state index is -0.488. The average Bonchev–Trinajstić information content (AvgIpc) is 2.46. The molecule has 1 unspecified atom stereocenters. The molecule has 0 N–H and O–H groups in total. The minimum absolute atomic E-state index is 0.101. The number of carbonyl (C=O) groups is 1. The van der Waals surface area contributed by atoms with Crippen molar-refractivity contribution >= 4 is 5.91 Å². The third-order valence-corrected chi connectivity index (χ3v) is 3.24.